The number of rotatable bonds is 10. The minimum atomic E-state index is -0.0233. The molecule has 0 bridgehead atoms. The van der Waals surface area contributed by atoms with Crippen molar-refractivity contribution in [3.05, 3.63) is 245 Å². The van der Waals surface area contributed by atoms with E-state index < -0.39 is 0 Å². The first kappa shape index (κ1) is 42.2. The van der Waals surface area contributed by atoms with Crippen LogP contribution in [0, 0.1) is 0 Å². The molecule has 68 heavy (non-hydrogen) atoms. The van der Waals surface area contributed by atoms with Crippen molar-refractivity contribution in [2.75, 3.05) is 4.90 Å². The lowest BCUT2D eigenvalue weighted by molar-refractivity contribution is 0.353. The molecule has 0 saturated heterocycles. The minimum absolute atomic E-state index is 0.0233. The third-order valence-corrected chi connectivity index (χ3v) is 16.3. The molecule has 0 unspecified atom stereocenters. The SMILES string of the molecule is CCC1(CC)C2=C(CCC(/C=C/c3ccc(-c4c(-c5ccccc5)cccc4-c4ccc5c(c4)C4(CCCCC4)c4ccccc4-5)cc3)=C2)c2ccc(N(c3ccccc3)c3ccccc3)cc21. The highest BCUT2D eigenvalue weighted by atomic mass is 15.1. The highest BCUT2D eigenvalue weighted by molar-refractivity contribution is 5.96. The highest BCUT2D eigenvalue weighted by Crippen LogP contribution is 2.58. The van der Waals surface area contributed by atoms with Crippen molar-refractivity contribution in [2.45, 2.75) is 82.5 Å². The molecular formula is C67H59N. The number of para-hydroxylation sites is 2. The lowest BCUT2D eigenvalue weighted by Crippen LogP contribution is -2.28. The van der Waals surface area contributed by atoms with Crippen LogP contribution in [0.1, 0.15) is 99.5 Å². The zero-order valence-corrected chi connectivity index (χ0v) is 39.5. The summed E-state index contributed by atoms with van der Waals surface area (Å²) in [5.74, 6) is 0. The molecule has 4 aliphatic carbocycles. The van der Waals surface area contributed by atoms with E-state index in [4.69, 9.17) is 0 Å². The Balaban J connectivity index is 0.872. The third kappa shape index (κ3) is 6.97. The Kier molecular flexibility index (Phi) is 10.8. The maximum atomic E-state index is 2.57. The van der Waals surface area contributed by atoms with E-state index in [1.807, 2.05) is 0 Å². The molecule has 0 aromatic heterocycles. The highest BCUT2D eigenvalue weighted by Gasteiger charge is 2.44. The van der Waals surface area contributed by atoms with Crippen molar-refractivity contribution in [3.8, 4) is 44.5 Å². The van der Waals surface area contributed by atoms with Gasteiger partial charge >= 0.3 is 0 Å². The molecule has 0 heterocycles. The monoisotopic (exact) mass is 877 g/mol. The molecule has 0 aliphatic heterocycles. The molecule has 4 aliphatic rings. The Labute approximate surface area is 403 Å². The average Bonchev–Trinajstić information content (AvgIpc) is 3.84. The summed E-state index contributed by atoms with van der Waals surface area (Å²) in [6, 6.07) is 72.7. The van der Waals surface area contributed by atoms with Crippen molar-refractivity contribution in [1.82, 2.24) is 0 Å². The van der Waals surface area contributed by atoms with Gasteiger partial charge in [0.25, 0.3) is 0 Å². The molecule has 8 aromatic rings. The van der Waals surface area contributed by atoms with Crippen LogP contribution in [-0.2, 0) is 10.8 Å². The van der Waals surface area contributed by atoms with Crippen LogP contribution in [-0.4, -0.2) is 0 Å². The number of hydrogen-bond donors (Lipinski definition) is 0. The van der Waals surface area contributed by atoms with Gasteiger partial charge in [-0.05, 0) is 170 Å². The van der Waals surface area contributed by atoms with Crippen molar-refractivity contribution in [3.63, 3.8) is 0 Å². The smallest absolute Gasteiger partial charge is 0.0465 e. The van der Waals surface area contributed by atoms with Crippen LogP contribution in [0.3, 0.4) is 0 Å². The van der Waals surface area contributed by atoms with Gasteiger partial charge in [-0.15, -0.1) is 0 Å². The first-order valence-electron chi connectivity index (χ1n) is 25.3. The zero-order chi connectivity index (χ0) is 45.7. The predicted molar refractivity (Wildman–Crippen MR) is 289 cm³/mol. The van der Waals surface area contributed by atoms with Gasteiger partial charge in [0.15, 0.2) is 0 Å². The summed E-state index contributed by atoms with van der Waals surface area (Å²) in [5.41, 5.74) is 25.9. The van der Waals surface area contributed by atoms with Gasteiger partial charge in [-0.2, -0.15) is 0 Å². The molecule has 8 aromatic carbocycles. The lowest BCUT2D eigenvalue weighted by Gasteiger charge is -2.36. The molecule has 0 amide bonds. The van der Waals surface area contributed by atoms with Crippen LogP contribution in [0.2, 0.25) is 0 Å². The second-order valence-corrected chi connectivity index (χ2v) is 19.6. The molecule has 1 saturated carbocycles. The number of allylic oxidation sites excluding steroid dienone is 5. The van der Waals surface area contributed by atoms with E-state index >= 15 is 0 Å². The fourth-order valence-electron chi connectivity index (χ4n) is 12.9. The molecule has 0 N–H and O–H groups in total. The van der Waals surface area contributed by atoms with Gasteiger partial charge in [0.2, 0.25) is 0 Å². The van der Waals surface area contributed by atoms with Crippen LogP contribution in [0.5, 0.6) is 0 Å². The van der Waals surface area contributed by atoms with E-state index in [0.717, 1.165) is 25.7 Å². The lowest BCUT2D eigenvalue weighted by atomic mass is 9.67. The number of hydrogen-bond acceptors (Lipinski definition) is 1. The fourth-order valence-corrected chi connectivity index (χ4v) is 12.9. The number of nitrogens with zero attached hydrogens (tertiary/aromatic N) is 1. The average molecular weight is 878 g/mol. The Hall–Kier alpha value is -7.22. The second-order valence-electron chi connectivity index (χ2n) is 19.6. The minimum Gasteiger partial charge on any atom is -0.310 e. The molecule has 1 heteroatoms. The van der Waals surface area contributed by atoms with Crippen LogP contribution in [0.4, 0.5) is 17.1 Å². The Morgan fingerprint density at radius 2 is 1.04 bits per heavy atom. The Morgan fingerprint density at radius 1 is 0.441 bits per heavy atom. The van der Waals surface area contributed by atoms with Crippen molar-refractivity contribution >= 4 is 28.7 Å². The summed E-state index contributed by atoms with van der Waals surface area (Å²) in [6.07, 6.45) is 17.9. The Bertz CT molecular complexity index is 3210. The van der Waals surface area contributed by atoms with Crippen molar-refractivity contribution < 1.29 is 0 Å². The van der Waals surface area contributed by atoms with E-state index in [-0.39, 0.29) is 10.8 Å². The summed E-state index contributed by atoms with van der Waals surface area (Å²) in [7, 11) is 0. The van der Waals surface area contributed by atoms with Gasteiger partial charge in [-0.25, -0.2) is 0 Å². The summed E-state index contributed by atoms with van der Waals surface area (Å²) in [4.78, 5) is 2.40. The first-order valence-corrected chi connectivity index (χ1v) is 25.3. The van der Waals surface area contributed by atoms with Crippen molar-refractivity contribution in [1.29, 1.82) is 0 Å². The molecule has 1 nitrogen and oxygen atoms in total. The summed E-state index contributed by atoms with van der Waals surface area (Å²) in [6.45, 7) is 4.78. The van der Waals surface area contributed by atoms with Crippen LogP contribution < -0.4 is 4.90 Å². The predicted octanol–water partition coefficient (Wildman–Crippen LogP) is 18.6. The first-order chi connectivity index (χ1) is 33.6. The van der Waals surface area contributed by atoms with Crippen LogP contribution in [0.15, 0.2) is 217 Å². The van der Waals surface area contributed by atoms with E-state index in [0.29, 0.717) is 0 Å². The second kappa shape index (κ2) is 17.5. The van der Waals surface area contributed by atoms with E-state index in [1.54, 1.807) is 5.56 Å². The molecule has 332 valence electrons. The molecule has 0 atom stereocenters. The summed E-state index contributed by atoms with van der Waals surface area (Å²) in [5, 5.41) is 0. The standard InChI is InChI=1S/C67H59N/c1-3-66(4-2)62-44-48(34-39-58(62)60-41-38-54(46-64(60)66)68(52-22-11-6-12-23-52)53-24-13-7-14-25-53)31-30-47-32-35-50(36-33-47)65-55(49-20-9-5-10-21-49)27-19-28-56(65)51-37-40-59-57-26-15-16-29-61(57)67(63(59)45-51)42-17-8-18-43-67/h5-7,9-16,19-33,35-38,40-41,44-46H,3-4,8,17-18,34,39,42-43H2,1-2H3/b31-30+. The van der Waals surface area contributed by atoms with E-state index in [2.05, 4.69) is 231 Å². The molecule has 12 rings (SSSR count). The van der Waals surface area contributed by atoms with Crippen LogP contribution >= 0.6 is 0 Å². The molecule has 0 radical (unpaired) electrons. The number of benzene rings is 8. The van der Waals surface area contributed by atoms with E-state index in [9.17, 15) is 0 Å². The molecule has 1 fully saturated rings. The zero-order valence-electron chi connectivity index (χ0n) is 39.5. The normalized spacial score (nSPS) is 16.3. The van der Waals surface area contributed by atoms with Gasteiger partial charge in [-0.1, -0.05) is 203 Å². The van der Waals surface area contributed by atoms with Gasteiger partial charge in [-0.3, -0.25) is 0 Å². The van der Waals surface area contributed by atoms with Crippen LogP contribution in [0.25, 0.3) is 56.2 Å². The summed E-state index contributed by atoms with van der Waals surface area (Å²) >= 11 is 0. The van der Waals surface area contributed by atoms with Gasteiger partial charge in [0.05, 0.1) is 0 Å². The fraction of sp³-hybridized carbons (Fsp3) is 0.194. The summed E-state index contributed by atoms with van der Waals surface area (Å²) < 4.78 is 0. The van der Waals surface area contributed by atoms with Crippen molar-refractivity contribution in [2.24, 2.45) is 0 Å². The molecule has 1 spiro atoms. The van der Waals surface area contributed by atoms with Gasteiger partial charge < -0.3 is 4.90 Å². The largest absolute Gasteiger partial charge is 0.310 e. The topological polar surface area (TPSA) is 3.24 Å². The molecular weight excluding hydrogens is 819 g/mol. The third-order valence-electron chi connectivity index (χ3n) is 16.3. The number of anilines is 3. The Morgan fingerprint density at radius 3 is 1.75 bits per heavy atom. The maximum absolute atomic E-state index is 2.57. The maximum Gasteiger partial charge on any atom is 0.0465 e. The van der Waals surface area contributed by atoms with Gasteiger partial charge in [0, 0.05) is 27.9 Å². The quantitative estimate of drug-likeness (QED) is 0.132. The van der Waals surface area contributed by atoms with Gasteiger partial charge in [0.1, 0.15) is 0 Å². The van der Waals surface area contributed by atoms with E-state index in [1.165, 1.54) is 133 Å². The number of fused-ring (bicyclic) bond motifs is 7.